The Hall–Kier alpha value is -1.42. The number of thiazole rings is 1. The van der Waals surface area contributed by atoms with E-state index in [2.05, 4.69) is 15.0 Å². The van der Waals surface area contributed by atoms with E-state index < -0.39 is 10.2 Å². The summed E-state index contributed by atoms with van der Waals surface area (Å²) in [6, 6.07) is -0.279. The molecule has 1 aliphatic rings. The van der Waals surface area contributed by atoms with Crippen LogP contribution in [0.4, 0.5) is 0 Å². The van der Waals surface area contributed by atoms with Crippen molar-refractivity contribution in [2.75, 3.05) is 20.6 Å². The quantitative estimate of drug-likeness (QED) is 0.844. The highest BCUT2D eigenvalue weighted by atomic mass is 32.2. The van der Waals surface area contributed by atoms with Gasteiger partial charge in [-0.3, -0.25) is 15.0 Å². The SMILES string of the molecule is CN(C)S(=O)(=O)N1CCCC1c1nccnc1-c1cncs1. The van der Waals surface area contributed by atoms with Gasteiger partial charge in [0.15, 0.2) is 0 Å². The van der Waals surface area contributed by atoms with Gasteiger partial charge in [-0.25, -0.2) is 0 Å². The topological polar surface area (TPSA) is 79.3 Å². The van der Waals surface area contributed by atoms with Gasteiger partial charge in [0.25, 0.3) is 10.2 Å². The third-order valence-corrected chi connectivity index (χ3v) is 6.40. The molecule has 0 saturated carbocycles. The molecule has 0 spiro atoms. The van der Waals surface area contributed by atoms with Crippen molar-refractivity contribution in [3.63, 3.8) is 0 Å². The Morgan fingerprint density at radius 3 is 2.77 bits per heavy atom. The van der Waals surface area contributed by atoms with E-state index in [-0.39, 0.29) is 6.04 Å². The van der Waals surface area contributed by atoms with Crippen LogP contribution in [0.25, 0.3) is 10.6 Å². The molecule has 3 heterocycles. The van der Waals surface area contributed by atoms with Crippen molar-refractivity contribution in [2.45, 2.75) is 18.9 Å². The Kier molecular flexibility index (Phi) is 4.22. The lowest BCUT2D eigenvalue weighted by Gasteiger charge is -2.27. The van der Waals surface area contributed by atoms with Crippen molar-refractivity contribution in [3.05, 3.63) is 29.8 Å². The van der Waals surface area contributed by atoms with E-state index in [1.165, 1.54) is 19.9 Å². The Morgan fingerprint density at radius 1 is 1.32 bits per heavy atom. The van der Waals surface area contributed by atoms with Gasteiger partial charge in [-0.2, -0.15) is 17.0 Å². The summed E-state index contributed by atoms with van der Waals surface area (Å²) in [6.07, 6.45) is 6.53. The predicted octanol–water partition coefficient (Wildman–Crippen LogP) is 1.54. The minimum atomic E-state index is -3.47. The lowest BCUT2D eigenvalue weighted by molar-refractivity contribution is 0.358. The fraction of sp³-hybridized carbons (Fsp3) is 0.462. The summed E-state index contributed by atoms with van der Waals surface area (Å²) in [5.74, 6) is 0. The van der Waals surface area contributed by atoms with Crippen molar-refractivity contribution < 1.29 is 8.42 Å². The van der Waals surface area contributed by atoms with Gasteiger partial charge in [-0.15, -0.1) is 11.3 Å². The number of hydrogen-bond donors (Lipinski definition) is 0. The van der Waals surface area contributed by atoms with Crippen LogP contribution in [-0.2, 0) is 10.2 Å². The first-order chi connectivity index (χ1) is 10.5. The maximum absolute atomic E-state index is 12.5. The molecule has 3 rings (SSSR count). The number of rotatable bonds is 4. The summed E-state index contributed by atoms with van der Waals surface area (Å²) in [6.45, 7) is 0.504. The van der Waals surface area contributed by atoms with Gasteiger partial charge in [0.1, 0.15) is 5.69 Å². The van der Waals surface area contributed by atoms with Crippen LogP contribution in [-0.4, -0.2) is 52.6 Å². The molecule has 1 unspecified atom stereocenters. The second kappa shape index (κ2) is 5.99. The maximum Gasteiger partial charge on any atom is 0.282 e. The normalized spacial score (nSPS) is 19.9. The zero-order valence-electron chi connectivity index (χ0n) is 12.4. The van der Waals surface area contributed by atoms with Crippen LogP contribution in [0.3, 0.4) is 0 Å². The zero-order chi connectivity index (χ0) is 15.7. The first-order valence-corrected chi connectivity index (χ1v) is 9.18. The fourth-order valence-corrected chi connectivity index (χ4v) is 4.55. The molecule has 0 amide bonds. The molecule has 0 aromatic carbocycles. The number of hydrogen-bond acceptors (Lipinski definition) is 6. The second-order valence-electron chi connectivity index (χ2n) is 5.21. The Balaban J connectivity index is 2.05. The molecule has 2 aromatic rings. The highest BCUT2D eigenvalue weighted by Gasteiger charge is 2.38. The van der Waals surface area contributed by atoms with Crippen molar-refractivity contribution in [2.24, 2.45) is 0 Å². The van der Waals surface area contributed by atoms with Gasteiger partial charge < -0.3 is 0 Å². The molecule has 118 valence electrons. The molecule has 1 saturated heterocycles. The van der Waals surface area contributed by atoms with Gasteiger partial charge >= 0.3 is 0 Å². The fourth-order valence-electron chi connectivity index (χ4n) is 2.61. The highest BCUT2D eigenvalue weighted by Crippen LogP contribution is 2.38. The number of nitrogens with zero attached hydrogens (tertiary/aromatic N) is 5. The van der Waals surface area contributed by atoms with E-state index in [1.54, 1.807) is 38.2 Å². The third-order valence-electron chi connectivity index (χ3n) is 3.67. The van der Waals surface area contributed by atoms with E-state index >= 15 is 0 Å². The molecule has 1 atom stereocenters. The Labute approximate surface area is 133 Å². The van der Waals surface area contributed by atoms with E-state index in [9.17, 15) is 8.42 Å². The summed E-state index contributed by atoms with van der Waals surface area (Å²) < 4.78 is 27.8. The van der Waals surface area contributed by atoms with Gasteiger partial charge in [0, 0.05) is 39.2 Å². The molecular weight excluding hydrogens is 322 g/mol. The van der Waals surface area contributed by atoms with Crippen LogP contribution < -0.4 is 0 Å². The van der Waals surface area contributed by atoms with Crippen LogP contribution in [0.15, 0.2) is 24.1 Å². The number of aromatic nitrogens is 3. The largest absolute Gasteiger partial charge is 0.282 e. The molecule has 0 aliphatic carbocycles. The maximum atomic E-state index is 12.5. The lowest BCUT2D eigenvalue weighted by atomic mass is 10.1. The van der Waals surface area contributed by atoms with E-state index in [0.717, 1.165) is 23.4 Å². The summed E-state index contributed by atoms with van der Waals surface area (Å²) >= 11 is 1.47. The van der Waals surface area contributed by atoms with Gasteiger partial charge in [0.05, 0.1) is 22.1 Å². The minimum Gasteiger partial charge on any atom is -0.256 e. The lowest BCUT2D eigenvalue weighted by Crippen LogP contribution is -2.39. The first-order valence-electron chi connectivity index (χ1n) is 6.91. The summed E-state index contributed by atoms with van der Waals surface area (Å²) in [5.41, 5.74) is 3.15. The van der Waals surface area contributed by atoms with Crippen LogP contribution in [0.2, 0.25) is 0 Å². The molecule has 7 nitrogen and oxygen atoms in total. The Bertz CT molecular complexity index is 746. The van der Waals surface area contributed by atoms with Crippen LogP contribution in [0.1, 0.15) is 24.6 Å². The smallest absolute Gasteiger partial charge is 0.256 e. The molecule has 1 fully saturated rings. The van der Waals surface area contributed by atoms with Gasteiger partial charge in [-0.05, 0) is 12.8 Å². The monoisotopic (exact) mass is 339 g/mol. The predicted molar refractivity (Wildman–Crippen MR) is 84.4 cm³/mol. The van der Waals surface area contributed by atoms with Crippen LogP contribution >= 0.6 is 11.3 Å². The minimum absolute atomic E-state index is 0.279. The molecule has 1 aliphatic heterocycles. The van der Waals surface area contributed by atoms with Crippen molar-refractivity contribution in [1.82, 2.24) is 23.6 Å². The average molecular weight is 339 g/mol. The molecule has 0 bridgehead atoms. The summed E-state index contributed by atoms with van der Waals surface area (Å²) in [4.78, 5) is 13.8. The Morgan fingerprint density at radius 2 is 2.09 bits per heavy atom. The standard InChI is InChI=1S/C13H17N5O2S2/c1-17(2)22(19,20)18-7-3-4-10(18)12-13(16-6-5-15-12)11-8-14-9-21-11/h5-6,8-10H,3-4,7H2,1-2H3. The second-order valence-corrected chi connectivity index (χ2v) is 8.20. The van der Waals surface area contributed by atoms with E-state index in [0.29, 0.717) is 12.2 Å². The van der Waals surface area contributed by atoms with Crippen molar-refractivity contribution in [3.8, 4) is 10.6 Å². The summed E-state index contributed by atoms with van der Waals surface area (Å²) in [7, 11) is -0.379. The molecule has 0 radical (unpaired) electrons. The highest BCUT2D eigenvalue weighted by molar-refractivity contribution is 7.86. The molecular formula is C13H17N5O2S2. The first kappa shape index (κ1) is 15.5. The van der Waals surface area contributed by atoms with Crippen LogP contribution in [0, 0.1) is 0 Å². The van der Waals surface area contributed by atoms with Crippen molar-refractivity contribution >= 4 is 21.5 Å². The molecule has 2 aromatic heterocycles. The van der Waals surface area contributed by atoms with Gasteiger partial charge in [-0.1, -0.05) is 0 Å². The average Bonchev–Trinajstić information content (AvgIpc) is 3.18. The third kappa shape index (κ3) is 2.65. The molecule has 9 heteroatoms. The van der Waals surface area contributed by atoms with E-state index in [1.807, 2.05) is 0 Å². The van der Waals surface area contributed by atoms with E-state index in [4.69, 9.17) is 0 Å². The molecule has 0 N–H and O–H groups in total. The van der Waals surface area contributed by atoms with Crippen molar-refractivity contribution in [1.29, 1.82) is 0 Å². The zero-order valence-corrected chi connectivity index (χ0v) is 14.0. The molecule has 22 heavy (non-hydrogen) atoms. The van der Waals surface area contributed by atoms with Gasteiger partial charge in [0.2, 0.25) is 0 Å². The van der Waals surface area contributed by atoms with Crippen LogP contribution in [0.5, 0.6) is 0 Å². The summed E-state index contributed by atoms with van der Waals surface area (Å²) in [5, 5.41) is 0.